The van der Waals surface area contributed by atoms with Crippen molar-refractivity contribution in [3.63, 3.8) is 0 Å². The van der Waals surface area contributed by atoms with Gasteiger partial charge in [0.05, 0.1) is 6.42 Å². The molecule has 2 aromatic carbocycles. The summed E-state index contributed by atoms with van der Waals surface area (Å²) in [5.74, 6) is -2.17. The minimum Gasteiger partial charge on any atom is -0.481 e. The molecule has 7 nitrogen and oxygen atoms in total. The number of ether oxygens (including phenoxy) is 1. The van der Waals surface area contributed by atoms with Crippen LogP contribution < -0.4 is 5.32 Å². The molecular weight excluding hydrogens is 362 g/mol. The van der Waals surface area contributed by atoms with Crippen molar-refractivity contribution in [2.75, 3.05) is 0 Å². The van der Waals surface area contributed by atoms with Gasteiger partial charge in [-0.1, -0.05) is 42.5 Å². The van der Waals surface area contributed by atoms with Crippen molar-refractivity contribution < 1.29 is 29.3 Å². The number of carboxylic acid groups (broad SMARTS) is 2. The molecule has 146 valence electrons. The zero-order valence-electron chi connectivity index (χ0n) is 15.2. The van der Waals surface area contributed by atoms with E-state index in [2.05, 4.69) is 17.4 Å². The van der Waals surface area contributed by atoms with Crippen LogP contribution in [-0.4, -0.2) is 34.3 Å². The number of alkyl carbamates (subject to hydrolysis) is 1. The highest BCUT2D eigenvalue weighted by molar-refractivity contribution is 5.78. The van der Waals surface area contributed by atoms with Crippen LogP contribution in [0.5, 0.6) is 0 Å². The molecule has 0 spiro atoms. The number of aliphatic carboxylic acids is 2. The quantitative estimate of drug-likeness (QED) is 0.551. The third-order valence-electron chi connectivity index (χ3n) is 4.76. The second-order valence-corrected chi connectivity index (χ2v) is 6.72. The molecule has 1 amide bonds. The van der Waals surface area contributed by atoms with Crippen molar-refractivity contribution in [2.24, 2.45) is 0 Å². The summed E-state index contributed by atoms with van der Waals surface area (Å²) in [5, 5.41) is 20.1. The number of hydrogen-bond donors (Lipinski definition) is 3. The van der Waals surface area contributed by atoms with Gasteiger partial charge in [0.1, 0.15) is 6.61 Å². The molecule has 3 N–H and O–H groups in total. The molecule has 0 saturated heterocycles. The van der Waals surface area contributed by atoms with Gasteiger partial charge in [-0.15, -0.1) is 0 Å². The summed E-state index contributed by atoms with van der Waals surface area (Å²) in [6.07, 6.45) is -0.564. The van der Waals surface area contributed by atoms with Gasteiger partial charge in [0, 0.05) is 12.5 Å². The van der Waals surface area contributed by atoms with Crippen LogP contribution in [0.1, 0.15) is 36.0 Å². The minimum absolute atomic E-state index is 0.0206. The molecule has 0 aromatic heterocycles. The number of hydrogen-bond acceptors (Lipinski definition) is 4. The van der Waals surface area contributed by atoms with E-state index in [9.17, 15) is 14.4 Å². The van der Waals surface area contributed by atoms with Gasteiger partial charge in [0.15, 0.2) is 0 Å². The first-order valence-electron chi connectivity index (χ1n) is 9.00. The highest BCUT2D eigenvalue weighted by atomic mass is 16.5. The summed E-state index contributed by atoms with van der Waals surface area (Å²) in [5.41, 5.74) is 5.54. The molecule has 28 heavy (non-hydrogen) atoms. The molecule has 0 fully saturated rings. The van der Waals surface area contributed by atoms with E-state index in [4.69, 9.17) is 14.9 Å². The average molecular weight is 383 g/mol. The van der Waals surface area contributed by atoms with Crippen LogP contribution in [0.4, 0.5) is 4.79 Å². The Kier molecular flexibility index (Phi) is 5.93. The summed E-state index contributed by atoms with van der Waals surface area (Å²) in [7, 11) is 0. The number of amides is 1. The smallest absolute Gasteiger partial charge is 0.407 e. The SMILES string of the molecule is O=C(O)CC[C@@H](CC(=O)O)NC(=O)OCc1cccc2c1Cc1ccccc1-2. The van der Waals surface area contributed by atoms with Crippen LogP contribution in [0.25, 0.3) is 11.1 Å². The van der Waals surface area contributed by atoms with Crippen LogP contribution in [0.15, 0.2) is 42.5 Å². The number of nitrogens with one attached hydrogen (secondary N) is 1. The van der Waals surface area contributed by atoms with Crippen molar-refractivity contribution >= 4 is 18.0 Å². The van der Waals surface area contributed by atoms with E-state index >= 15 is 0 Å². The molecule has 7 heteroatoms. The lowest BCUT2D eigenvalue weighted by molar-refractivity contribution is -0.139. The van der Waals surface area contributed by atoms with E-state index in [1.54, 1.807) is 0 Å². The van der Waals surface area contributed by atoms with Crippen LogP contribution in [0.2, 0.25) is 0 Å². The molecule has 1 aliphatic rings. The molecule has 0 radical (unpaired) electrons. The zero-order valence-corrected chi connectivity index (χ0v) is 15.2. The van der Waals surface area contributed by atoms with Crippen LogP contribution >= 0.6 is 0 Å². The fourth-order valence-electron chi connectivity index (χ4n) is 3.44. The van der Waals surface area contributed by atoms with Crippen molar-refractivity contribution in [3.05, 3.63) is 59.2 Å². The van der Waals surface area contributed by atoms with Gasteiger partial charge in [-0.05, 0) is 40.7 Å². The van der Waals surface area contributed by atoms with Crippen LogP contribution in [0, 0.1) is 0 Å². The molecule has 0 heterocycles. The average Bonchev–Trinajstić information content (AvgIpc) is 3.03. The lowest BCUT2D eigenvalue weighted by Gasteiger charge is -2.16. The molecular formula is C21H21NO6. The number of benzene rings is 2. The van der Waals surface area contributed by atoms with Crippen LogP contribution in [0.3, 0.4) is 0 Å². The molecule has 0 unspecified atom stereocenters. The van der Waals surface area contributed by atoms with E-state index in [0.717, 1.165) is 23.1 Å². The lowest BCUT2D eigenvalue weighted by Crippen LogP contribution is -2.37. The number of rotatable bonds is 8. The Morgan fingerprint density at radius 2 is 1.75 bits per heavy atom. The Hall–Kier alpha value is -3.35. The number of fused-ring (bicyclic) bond motifs is 3. The van der Waals surface area contributed by atoms with Gasteiger partial charge >= 0.3 is 18.0 Å². The minimum atomic E-state index is -1.12. The predicted molar refractivity (Wildman–Crippen MR) is 101 cm³/mol. The maximum absolute atomic E-state index is 12.1. The monoisotopic (exact) mass is 383 g/mol. The first-order chi connectivity index (χ1) is 13.4. The lowest BCUT2D eigenvalue weighted by atomic mass is 10.0. The molecule has 2 aromatic rings. The third-order valence-corrected chi connectivity index (χ3v) is 4.76. The van der Waals surface area contributed by atoms with E-state index in [-0.39, 0.29) is 25.9 Å². The fourth-order valence-corrected chi connectivity index (χ4v) is 3.44. The van der Waals surface area contributed by atoms with Gasteiger partial charge in [0.25, 0.3) is 0 Å². The topological polar surface area (TPSA) is 113 Å². The molecule has 0 bridgehead atoms. The third kappa shape index (κ3) is 4.68. The highest BCUT2D eigenvalue weighted by Gasteiger charge is 2.22. The maximum atomic E-state index is 12.1. The van der Waals surface area contributed by atoms with Crippen LogP contribution in [-0.2, 0) is 27.4 Å². The second kappa shape index (κ2) is 8.56. The van der Waals surface area contributed by atoms with Gasteiger partial charge in [-0.25, -0.2) is 4.79 Å². The summed E-state index contributed by atoms with van der Waals surface area (Å²) < 4.78 is 5.28. The summed E-state index contributed by atoms with van der Waals surface area (Å²) in [4.78, 5) is 33.7. The molecule has 0 saturated carbocycles. The van der Waals surface area contributed by atoms with Crippen molar-refractivity contribution in [1.82, 2.24) is 5.32 Å². The molecule has 1 atom stereocenters. The first-order valence-corrected chi connectivity index (χ1v) is 9.00. The van der Waals surface area contributed by atoms with Crippen molar-refractivity contribution in [3.8, 4) is 11.1 Å². The first kappa shape index (κ1) is 19.4. The van der Waals surface area contributed by atoms with Crippen molar-refractivity contribution in [1.29, 1.82) is 0 Å². The summed E-state index contributed by atoms with van der Waals surface area (Å²) >= 11 is 0. The Morgan fingerprint density at radius 1 is 1.00 bits per heavy atom. The molecule has 3 rings (SSSR count). The van der Waals surface area contributed by atoms with E-state index in [1.807, 2.05) is 30.3 Å². The molecule has 0 aliphatic heterocycles. The molecule has 1 aliphatic carbocycles. The Balaban J connectivity index is 1.62. The number of carboxylic acids is 2. The van der Waals surface area contributed by atoms with E-state index < -0.39 is 24.1 Å². The van der Waals surface area contributed by atoms with Gasteiger partial charge in [-0.2, -0.15) is 0 Å². The predicted octanol–water partition coefficient (Wildman–Crippen LogP) is 3.19. The zero-order chi connectivity index (χ0) is 20.1. The van der Waals surface area contributed by atoms with Crippen molar-refractivity contribution in [2.45, 2.75) is 38.3 Å². The maximum Gasteiger partial charge on any atom is 0.407 e. The second-order valence-electron chi connectivity index (χ2n) is 6.72. The fraction of sp³-hybridized carbons (Fsp3) is 0.286. The number of carbonyl (C=O) groups is 3. The Labute approximate surface area is 162 Å². The normalized spacial score (nSPS) is 12.6. The Morgan fingerprint density at radius 3 is 2.50 bits per heavy atom. The van der Waals surface area contributed by atoms with E-state index in [1.165, 1.54) is 11.1 Å². The van der Waals surface area contributed by atoms with Gasteiger partial charge in [-0.3, -0.25) is 9.59 Å². The Bertz CT molecular complexity index is 908. The van der Waals surface area contributed by atoms with Gasteiger partial charge < -0.3 is 20.3 Å². The van der Waals surface area contributed by atoms with Gasteiger partial charge in [0.2, 0.25) is 0 Å². The standard InChI is InChI=1S/C21H21NO6/c23-19(24)9-8-15(11-20(25)26)22-21(27)28-12-14-5-3-7-17-16-6-2-1-4-13(16)10-18(14)17/h1-7,15H,8-12H2,(H,22,27)(H,23,24)(H,25,26)/t15-/m0/s1. The largest absolute Gasteiger partial charge is 0.481 e. The summed E-state index contributed by atoms with van der Waals surface area (Å²) in [6.45, 7) is 0.0573. The number of carbonyl (C=O) groups excluding carboxylic acids is 1. The summed E-state index contributed by atoms with van der Waals surface area (Å²) in [6, 6.07) is 13.2. The van der Waals surface area contributed by atoms with E-state index in [0.29, 0.717) is 0 Å². The highest BCUT2D eigenvalue weighted by Crippen LogP contribution is 2.38.